The standard InChI is InChI=1S/C18H28N2O3S/c1-2-17-8-16(13-24-17)18(22)20-10-14(7-15(11-20)12-21)9-19-3-5-23-6-4-19/h8,13-15,21H,2-7,9-12H2,1H3. The third-order valence-electron chi connectivity index (χ3n) is 5.04. The van der Waals surface area contributed by atoms with Crippen LogP contribution in [0.25, 0.3) is 0 Å². The van der Waals surface area contributed by atoms with Crippen LogP contribution in [0.2, 0.25) is 0 Å². The number of aryl methyl sites for hydroxylation is 1. The Labute approximate surface area is 148 Å². The topological polar surface area (TPSA) is 53.0 Å². The zero-order valence-corrected chi connectivity index (χ0v) is 15.3. The highest BCUT2D eigenvalue weighted by Gasteiger charge is 2.31. The molecule has 6 heteroatoms. The van der Waals surface area contributed by atoms with Gasteiger partial charge in [-0.3, -0.25) is 9.69 Å². The first-order valence-corrected chi connectivity index (χ1v) is 9.85. The molecule has 0 aliphatic carbocycles. The van der Waals surface area contributed by atoms with Crippen molar-refractivity contribution in [1.29, 1.82) is 0 Å². The Morgan fingerprint density at radius 2 is 2.08 bits per heavy atom. The van der Waals surface area contributed by atoms with Gasteiger partial charge < -0.3 is 14.7 Å². The molecule has 0 spiro atoms. The molecule has 24 heavy (non-hydrogen) atoms. The highest BCUT2D eigenvalue weighted by Crippen LogP contribution is 2.25. The van der Waals surface area contributed by atoms with Crippen molar-refractivity contribution < 1.29 is 14.6 Å². The predicted molar refractivity (Wildman–Crippen MR) is 95.5 cm³/mol. The van der Waals surface area contributed by atoms with E-state index in [1.807, 2.05) is 16.3 Å². The van der Waals surface area contributed by atoms with E-state index in [1.54, 1.807) is 11.3 Å². The van der Waals surface area contributed by atoms with E-state index >= 15 is 0 Å². The maximum absolute atomic E-state index is 12.8. The third kappa shape index (κ3) is 4.36. The van der Waals surface area contributed by atoms with Gasteiger partial charge in [-0.2, -0.15) is 0 Å². The van der Waals surface area contributed by atoms with E-state index in [-0.39, 0.29) is 18.4 Å². The van der Waals surface area contributed by atoms with E-state index < -0.39 is 0 Å². The van der Waals surface area contributed by atoms with Crippen molar-refractivity contribution in [3.05, 3.63) is 21.9 Å². The van der Waals surface area contributed by atoms with Crippen LogP contribution in [-0.2, 0) is 11.2 Å². The molecular formula is C18H28N2O3S. The van der Waals surface area contributed by atoms with E-state index in [2.05, 4.69) is 11.8 Å². The first-order chi connectivity index (χ1) is 11.7. The molecule has 1 N–H and O–H groups in total. The highest BCUT2D eigenvalue weighted by molar-refractivity contribution is 7.10. The Bertz CT molecular complexity index is 542. The monoisotopic (exact) mass is 352 g/mol. The van der Waals surface area contributed by atoms with E-state index in [9.17, 15) is 9.90 Å². The molecule has 1 amide bonds. The minimum atomic E-state index is 0.121. The lowest BCUT2D eigenvalue weighted by atomic mass is 9.88. The number of carbonyl (C=O) groups excluding carboxylic acids is 1. The summed E-state index contributed by atoms with van der Waals surface area (Å²) in [6.07, 6.45) is 1.97. The van der Waals surface area contributed by atoms with Crippen molar-refractivity contribution in [1.82, 2.24) is 9.80 Å². The second kappa shape index (κ2) is 8.43. The Hall–Kier alpha value is -0.950. The second-order valence-electron chi connectivity index (χ2n) is 6.93. The number of carbonyl (C=O) groups is 1. The third-order valence-corrected chi connectivity index (χ3v) is 6.12. The van der Waals surface area contributed by atoms with Crippen LogP contribution in [0.5, 0.6) is 0 Å². The predicted octanol–water partition coefficient (Wildman–Crippen LogP) is 1.71. The molecular weight excluding hydrogens is 324 g/mol. The number of piperidine rings is 1. The van der Waals surface area contributed by atoms with Gasteiger partial charge >= 0.3 is 0 Å². The average molecular weight is 353 g/mol. The Balaban J connectivity index is 1.64. The van der Waals surface area contributed by atoms with E-state index in [0.717, 1.165) is 57.8 Å². The summed E-state index contributed by atoms with van der Waals surface area (Å²) in [4.78, 5) is 18.5. The SMILES string of the molecule is CCc1cc(C(=O)N2CC(CO)CC(CN3CCOCC3)C2)cs1. The maximum Gasteiger partial charge on any atom is 0.254 e. The molecule has 5 nitrogen and oxygen atoms in total. The number of amides is 1. The Morgan fingerprint density at radius 3 is 2.75 bits per heavy atom. The van der Waals surface area contributed by atoms with Gasteiger partial charge in [0.1, 0.15) is 0 Å². The van der Waals surface area contributed by atoms with Gasteiger partial charge in [-0.25, -0.2) is 0 Å². The van der Waals surface area contributed by atoms with Crippen LogP contribution in [0.3, 0.4) is 0 Å². The number of hydrogen-bond donors (Lipinski definition) is 1. The van der Waals surface area contributed by atoms with Crippen molar-refractivity contribution in [2.75, 3.05) is 52.5 Å². The fraction of sp³-hybridized carbons (Fsp3) is 0.722. The van der Waals surface area contributed by atoms with Crippen molar-refractivity contribution in [3.63, 3.8) is 0 Å². The lowest BCUT2D eigenvalue weighted by Crippen LogP contribution is -2.49. The summed E-state index contributed by atoms with van der Waals surface area (Å²) in [6, 6.07) is 2.02. The molecule has 2 atom stereocenters. The molecule has 1 aromatic heterocycles. The molecule has 0 bridgehead atoms. The number of nitrogens with zero attached hydrogens (tertiary/aromatic N) is 2. The molecule has 1 aromatic rings. The smallest absolute Gasteiger partial charge is 0.254 e. The first kappa shape index (κ1) is 17.9. The molecule has 0 aromatic carbocycles. The highest BCUT2D eigenvalue weighted by atomic mass is 32.1. The van der Waals surface area contributed by atoms with Crippen LogP contribution < -0.4 is 0 Å². The molecule has 2 aliphatic heterocycles. The molecule has 2 aliphatic rings. The fourth-order valence-electron chi connectivity index (χ4n) is 3.76. The lowest BCUT2D eigenvalue weighted by Gasteiger charge is -2.40. The molecule has 0 radical (unpaired) electrons. The van der Waals surface area contributed by atoms with Gasteiger partial charge in [0.05, 0.1) is 18.8 Å². The van der Waals surface area contributed by atoms with Crippen molar-refractivity contribution in [2.45, 2.75) is 19.8 Å². The summed E-state index contributed by atoms with van der Waals surface area (Å²) in [7, 11) is 0. The molecule has 3 rings (SSSR count). The number of aliphatic hydroxyl groups excluding tert-OH is 1. The van der Waals surface area contributed by atoms with Crippen LogP contribution in [0.4, 0.5) is 0 Å². The molecule has 2 fully saturated rings. The maximum atomic E-state index is 12.8. The number of rotatable bonds is 5. The van der Waals surface area contributed by atoms with Crippen molar-refractivity contribution in [2.24, 2.45) is 11.8 Å². The van der Waals surface area contributed by atoms with Gasteiger partial charge in [0.2, 0.25) is 0 Å². The summed E-state index contributed by atoms with van der Waals surface area (Å²) in [5.74, 6) is 0.747. The fourth-order valence-corrected chi connectivity index (χ4v) is 4.57. The van der Waals surface area contributed by atoms with Crippen LogP contribution >= 0.6 is 11.3 Å². The van der Waals surface area contributed by atoms with Crippen molar-refractivity contribution in [3.8, 4) is 0 Å². The van der Waals surface area contributed by atoms with Gasteiger partial charge in [0, 0.05) is 49.6 Å². The van der Waals surface area contributed by atoms with E-state index in [0.29, 0.717) is 12.5 Å². The van der Waals surface area contributed by atoms with Gasteiger partial charge in [0.15, 0.2) is 0 Å². The molecule has 3 heterocycles. The number of hydrogen-bond acceptors (Lipinski definition) is 5. The summed E-state index contributed by atoms with van der Waals surface area (Å²) in [5, 5.41) is 11.6. The molecule has 0 saturated carbocycles. The number of thiophene rings is 1. The minimum Gasteiger partial charge on any atom is -0.396 e. The van der Waals surface area contributed by atoms with Crippen LogP contribution in [0, 0.1) is 11.8 Å². The quantitative estimate of drug-likeness (QED) is 0.877. The first-order valence-electron chi connectivity index (χ1n) is 8.97. The average Bonchev–Trinajstić information content (AvgIpc) is 3.10. The second-order valence-corrected chi connectivity index (χ2v) is 7.92. The summed E-state index contributed by atoms with van der Waals surface area (Å²) >= 11 is 1.66. The van der Waals surface area contributed by atoms with E-state index in [1.165, 1.54) is 4.88 Å². The zero-order valence-electron chi connectivity index (χ0n) is 14.4. The normalized spacial score (nSPS) is 25.8. The Morgan fingerprint density at radius 1 is 1.33 bits per heavy atom. The molecule has 134 valence electrons. The lowest BCUT2D eigenvalue weighted by molar-refractivity contribution is 0.0130. The zero-order chi connectivity index (χ0) is 16.9. The van der Waals surface area contributed by atoms with Gasteiger partial charge in [-0.05, 0) is 30.7 Å². The summed E-state index contributed by atoms with van der Waals surface area (Å²) < 4.78 is 5.42. The van der Waals surface area contributed by atoms with Crippen molar-refractivity contribution >= 4 is 17.2 Å². The number of ether oxygens (including phenoxy) is 1. The van der Waals surface area contributed by atoms with Gasteiger partial charge in [-0.15, -0.1) is 11.3 Å². The summed E-state index contributed by atoms with van der Waals surface area (Å²) in [6.45, 7) is 8.27. The van der Waals surface area contributed by atoms with Gasteiger partial charge in [0.25, 0.3) is 5.91 Å². The Kier molecular flexibility index (Phi) is 6.27. The minimum absolute atomic E-state index is 0.121. The van der Waals surface area contributed by atoms with Gasteiger partial charge in [-0.1, -0.05) is 6.92 Å². The van der Waals surface area contributed by atoms with Crippen LogP contribution in [0.1, 0.15) is 28.6 Å². The number of morpholine rings is 1. The number of likely N-dealkylation sites (tertiary alicyclic amines) is 1. The molecule has 2 saturated heterocycles. The van der Waals surface area contributed by atoms with E-state index in [4.69, 9.17) is 4.74 Å². The van der Waals surface area contributed by atoms with Crippen LogP contribution in [-0.4, -0.2) is 73.4 Å². The largest absolute Gasteiger partial charge is 0.396 e. The van der Waals surface area contributed by atoms with Crippen LogP contribution in [0.15, 0.2) is 11.4 Å². The number of aliphatic hydroxyl groups is 1. The molecule has 2 unspecified atom stereocenters. The summed E-state index contributed by atoms with van der Waals surface area (Å²) in [5.41, 5.74) is 0.806.